The maximum atomic E-state index is 10.9. The van der Waals surface area contributed by atoms with Gasteiger partial charge < -0.3 is 10.6 Å². The molecule has 9 heteroatoms. The lowest BCUT2D eigenvalue weighted by Gasteiger charge is -2.25. The molecular formula is C19H27N7O2. The number of nitrogens with zero attached hydrogens (tertiary/aromatic N) is 5. The maximum absolute atomic E-state index is 10.9. The maximum Gasteiger partial charge on any atom is 0.269 e. The summed E-state index contributed by atoms with van der Waals surface area (Å²) in [5.74, 6) is 2.95. The fraction of sp³-hybridized carbons (Fsp3) is 0.526. The number of fused-ring (bicyclic) bond motifs is 1. The molecule has 1 aromatic carbocycles. The van der Waals surface area contributed by atoms with Crippen molar-refractivity contribution in [2.75, 3.05) is 6.54 Å². The summed E-state index contributed by atoms with van der Waals surface area (Å²) in [7, 11) is 0. The number of benzene rings is 1. The molecule has 0 saturated heterocycles. The lowest BCUT2D eigenvalue weighted by molar-refractivity contribution is -0.384. The van der Waals surface area contributed by atoms with E-state index in [2.05, 4.69) is 39.6 Å². The molecule has 1 aliphatic heterocycles. The van der Waals surface area contributed by atoms with E-state index in [1.54, 1.807) is 12.1 Å². The number of nitrogens with one attached hydrogen (secondary N) is 2. The number of hydrogen-bond donors (Lipinski definition) is 2. The minimum Gasteiger partial charge on any atom is -0.357 e. The molecule has 1 atom stereocenters. The van der Waals surface area contributed by atoms with Gasteiger partial charge in [0.1, 0.15) is 5.82 Å². The van der Waals surface area contributed by atoms with Gasteiger partial charge in [0.05, 0.1) is 18.0 Å². The molecule has 0 aliphatic carbocycles. The molecule has 0 radical (unpaired) electrons. The average Bonchev–Trinajstić information content (AvgIpc) is 3.10. The molecule has 0 spiro atoms. The number of aryl methyl sites for hydroxylation is 1. The van der Waals surface area contributed by atoms with Crippen molar-refractivity contribution in [2.24, 2.45) is 4.99 Å². The average molecular weight is 385 g/mol. The molecule has 9 nitrogen and oxygen atoms in total. The second-order valence-corrected chi connectivity index (χ2v) is 7.23. The molecular weight excluding hydrogens is 358 g/mol. The first-order chi connectivity index (χ1) is 13.5. The predicted molar refractivity (Wildman–Crippen MR) is 107 cm³/mol. The van der Waals surface area contributed by atoms with Gasteiger partial charge in [-0.25, -0.2) is 14.7 Å². The molecule has 0 saturated carbocycles. The Hall–Kier alpha value is -2.97. The summed E-state index contributed by atoms with van der Waals surface area (Å²) in [6.07, 6.45) is 1.83. The van der Waals surface area contributed by atoms with Crippen molar-refractivity contribution in [1.82, 2.24) is 25.4 Å². The van der Waals surface area contributed by atoms with Crippen molar-refractivity contribution < 1.29 is 4.92 Å². The fourth-order valence-corrected chi connectivity index (χ4v) is 3.14. The number of hydrogen-bond acceptors (Lipinski definition) is 5. The first-order valence-electron chi connectivity index (χ1n) is 9.68. The topological polar surface area (TPSA) is 110 Å². The Morgan fingerprint density at radius 2 is 2.29 bits per heavy atom. The van der Waals surface area contributed by atoms with Crippen LogP contribution in [-0.2, 0) is 19.5 Å². The summed E-state index contributed by atoms with van der Waals surface area (Å²) in [5, 5.41) is 22.3. The van der Waals surface area contributed by atoms with Crippen LogP contribution in [0.1, 0.15) is 50.3 Å². The van der Waals surface area contributed by atoms with Crippen molar-refractivity contribution >= 4 is 11.6 Å². The Balaban J connectivity index is 1.66. The first-order valence-corrected chi connectivity index (χ1v) is 9.68. The van der Waals surface area contributed by atoms with Gasteiger partial charge in [-0.05, 0) is 18.9 Å². The Morgan fingerprint density at radius 1 is 1.46 bits per heavy atom. The number of nitro groups is 1. The minimum atomic E-state index is -0.389. The summed E-state index contributed by atoms with van der Waals surface area (Å²) in [6.45, 7) is 8.06. The van der Waals surface area contributed by atoms with Crippen molar-refractivity contribution in [3.8, 4) is 0 Å². The van der Waals surface area contributed by atoms with Crippen LogP contribution in [0.3, 0.4) is 0 Å². The van der Waals surface area contributed by atoms with Crippen LogP contribution in [0, 0.1) is 10.1 Å². The van der Waals surface area contributed by atoms with E-state index in [0.717, 1.165) is 43.1 Å². The number of guanidine groups is 1. The number of rotatable bonds is 6. The molecule has 2 N–H and O–H groups in total. The van der Waals surface area contributed by atoms with Crippen LogP contribution in [0.2, 0.25) is 0 Å². The number of aromatic nitrogens is 3. The minimum absolute atomic E-state index is 0.0811. The van der Waals surface area contributed by atoms with Gasteiger partial charge in [-0.2, -0.15) is 5.10 Å². The third-order valence-corrected chi connectivity index (χ3v) is 4.62. The van der Waals surface area contributed by atoms with E-state index in [1.807, 2.05) is 17.7 Å². The molecule has 1 aliphatic rings. The molecule has 0 fully saturated rings. The predicted octanol–water partition coefficient (Wildman–Crippen LogP) is 2.38. The molecule has 2 heterocycles. The van der Waals surface area contributed by atoms with Crippen LogP contribution < -0.4 is 10.6 Å². The molecule has 0 amide bonds. The summed E-state index contributed by atoms with van der Waals surface area (Å²) in [5.41, 5.74) is 0.882. The Kier molecular flexibility index (Phi) is 6.23. The van der Waals surface area contributed by atoms with Crippen LogP contribution in [0.5, 0.6) is 0 Å². The standard InChI is InChI=1S/C19H27N7O2/c1-4-20-19(21-11-14-6-5-7-16(10-14)26(27)28)22-15-8-9-17-23-18(13(2)3)24-25(17)12-15/h5-7,10,13,15H,4,8-9,11-12H2,1-3H3,(H2,20,21,22). The fourth-order valence-electron chi connectivity index (χ4n) is 3.14. The van der Waals surface area contributed by atoms with E-state index in [1.165, 1.54) is 6.07 Å². The second-order valence-electron chi connectivity index (χ2n) is 7.23. The normalized spacial score (nSPS) is 16.7. The molecule has 2 aromatic rings. The zero-order valence-corrected chi connectivity index (χ0v) is 16.6. The third-order valence-electron chi connectivity index (χ3n) is 4.62. The van der Waals surface area contributed by atoms with Gasteiger partial charge in [0.15, 0.2) is 11.8 Å². The smallest absolute Gasteiger partial charge is 0.269 e. The van der Waals surface area contributed by atoms with Crippen molar-refractivity contribution in [1.29, 1.82) is 0 Å². The second kappa shape index (κ2) is 8.81. The van der Waals surface area contributed by atoms with Crippen molar-refractivity contribution in [3.63, 3.8) is 0 Å². The van der Waals surface area contributed by atoms with E-state index in [0.29, 0.717) is 18.4 Å². The van der Waals surface area contributed by atoms with Gasteiger partial charge in [0, 0.05) is 37.1 Å². The highest BCUT2D eigenvalue weighted by molar-refractivity contribution is 5.80. The number of aliphatic imine (C=N–C) groups is 1. The molecule has 28 heavy (non-hydrogen) atoms. The largest absolute Gasteiger partial charge is 0.357 e. The molecule has 150 valence electrons. The monoisotopic (exact) mass is 385 g/mol. The lowest BCUT2D eigenvalue weighted by Crippen LogP contribution is -2.47. The Labute approximate surface area is 164 Å². The van der Waals surface area contributed by atoms with E-state index in [-0.39, 0.29) is 16.7 Å². The van der Waals surface area contributed by atoms with Crippen LogP contribution in [0.4, 0.5) is 5.69 Å². The summed E-state index contributed by atoms with van der Waals surface area (Å²) >= 11 is 0. The van der Waals surface area contributed by atoms with E-state index < -0.39 is 0 Å². The van der Waals surface area contributed by atoms with Gasteiger partial charge in [-0.3, -0.25) is 10.1 Å². The Bertz CT molecular complexity index is 860. The highest BCUT2D eigenvalue weighted by Crippen LogP contribution is 2.17. The van der Waals surface area contributed by atoms with Gasteiger partial charge in [-0.1, -0.05) is 26.0 Å². The first kappa shape index (κ1) is 19.8. The zero-order valence-electron chi connectivity index (χ0n) is 16.6. The third kappa shape index (κ3) is 4.85. The van der Waals surface area contributed by atoms with E-state index >= 15 is 0 Å². The van der Waals surface area contributed by atoms with Gasteiger partial charge in [0.2, 0.25) is 0 Å². The highest BCUT2D eigenvalue weighted by atomic mass is 16.6. The molecule has 0 bridgehead atoms. The van der Waals surface area contributed by atoms with Crippen molar-refractivity contribution in [2.45, 2.75) is 58.7 Å². The zero-order chi connectivity index (χ0) is 20.1. The van der Waals surface area contributed by atoms with Crippen LogP contribution in [0.15, 0.2) is 29.3 Å². The Morgan fingerprint density at radius 3 is 3.00 bits per heavy atom. The van der Waals surface area contributed by atoms with E-state index in [4.69, 9.17) is 0 Å². The molecule has 1 unspecified atom stereocenters. The van der Waals surface area contributed by atoms with Gasteiger partial charge in [-0.15, -0.1) is 0 Å². The summed E-state index contributed by atoms with van der Waals surface area (Å²) < 4.78 is 1.99. The van der Waals surface area contributed by atoms with Crippen molar-refractivity contribution in [3.05, 3.63) is 51.6 Å². The lowest BCUT2D eigenvalue weighted by atomic mass is 10.1. The van der Waals surface area contributed by atoms with Crippen LogP contribution in [0.25, 0.3) is 0 Å². The molecule has 1 aromatic heterocycles. The highest BCUT2D eigenvalue weighted by Gasteiger charge is 2.23. The summed E-state index contributed by atoms with van der Waals surface area (Å²) in [4.78, 5) is 19.8. The van der Waals surface area contributed by atoms with Crippen LogP contribution in [-0.4, -0.2) is 38.2 Å². The number of nitro benzene ring substituents is 1. The quantitative estimate of drug-likeness (QED) is 0.342. The number of non-ortho nitro benzene ring substituents is 1. The van der Waals surface area contributed by atoms with Crippen LogP contribution >= 0.6 is 0 Å². The van der Waals surface area contributed by atoms with E-state index in [9.17, 15) is 10.1 Å². The SMILES string of the molecule is CCNC(=NCc1cccc([N+](=O)[O-])c1)NC1CCc2nc(C(C)C)nn2C1. The summed E-state index contributed by atoms with van der Waals surface area (Å²) in [6, 6.07) is 6.78. The molecule has 3 rings (SSSR count). The van der Waals surface area contributed by atoms with Gasteiger partial charge >= 0.3 is 0 Å². The van der Waals surface area contributed by atoms with Gasteiger partial charge in [0.25, 0.3) is 5.69 Å².